The SMILES string of the molecule is CC1CCCCN1CCCNC(=O)c1ccc2cn(Cc3ccc(F)cc3)c(O)c2c1. The quantitative estimate of drug-likeness (QED) is 0.549. The normalized spacial score (nSPS) is 17.2. The van der Waals surface area contributed by atoms with Gasteiger partial charge in [0.15, 0.2) is 5.88 Å². The lowest BCUT2D eigenvalue weighted by Gasteiger charge is -2.33. The third-order valence-corrected chi connectivity index (χ3v) is 6.24. The van der Waals surface area contributed by atoms with E-state index in [1.165, 1.54) is 31.4 Å². The highest BCUT2D eigenvalue weighted by molar-refractivity contribution is 6.00. The molecule has 1 fully saturated rings. The van der Waals surface area contributed by atoms with E-state index in [0.717, 1.165) is 30.5 Å². The van der Waals surface area contributed by atoms with Crippen LogP contribution in [-0.4, -0.2) is 46.2 Å². The summed E-state index contributed by atoms with van der Waals surface area (Å²) in [5.41, 5.74) is 1.42. The zero-order valence-electron chi connectivity index (χ0n) is 18.0. The first-order valence-corrected chi connectivity index (χ1v) is 11.1. The monoisotopic (exact) mass is 423 g/mol. The van der Waals surface area contributed by atoms with Gasteiger partial charge in [-0.1, -0.05) is 24.6 Å². The number of nitrogens with one attached hydrogen (secondary N) is 1. The Labute approximate surface area is 182 Å². The first-order chi connectivity index (χ1) is 15.0. The zero-order chi connectivity index (χ0) is 21.8. The van der Waals surface area contributed by atoms with Gasteiger partial charge in [-0.05, 0) is 62.6 Å². The van der Waals surface area contributed by atoms with Crippen LogP contribution in [-0.2, 0) is 6.54 Å². The lowest BCUT2D eigenvalue weighted by Crippen LogP contribution is -2.39. The van der Waals surface area contributed by atoms with Crippen molar-refractivity contribution in [1.82, 2.24) is 14.8 Å². The Balaban J connectivity index is 1.37. The fourth-order valence-electron chi connectivity index (χ4n) is 4.37. The summed E-state index contributed by atoms with van der Waals surface area (Å²) in [5, 5.41) is 15.1. The van der Waals surface area contributed by atoms with E-state index >= 15 is 0 Å². The molecule has 0 aliphatic carbocycles. The minimum atomic E-state index is -0.285. The van der Waals surface area contributed by atoms with Crippen LogP contribution in [0, 0.1) is 5.82 Å². The van der Waals surface area contributed by atoms with Gasteiger partial charge in [-0.3, -0.25) is 4.79 Å². The molecule has 2 N–H and O–H groups in total. The summed E-state index contributed by atoms with van der Waals surface area (Å²) in [5.74, 6) is -0.306. The third-order valence-electron chi connectivity index (χ3n) is 6.24. The number of hydrogen-bond acceptors (Lipinski definition) is 3. The molecule has 5 nitrogen and oxygen atoms in total. The Kier molecular flexibility index (Phi) is 6.56. The first-order valence-electron chi connectivity index (χ1n) is 11.1. The highest BCUT2D eigenvalue weighted by Gasteiger charge is 2.17. The number of piperidine rings is 1. The molecule has 1 saturated heterocycles. The average molecular weight is 424 g/mol. The average Bonchev–Trinajstić information content (AvgIpc) is 3.08. The largest absolute Gasteiger partial charge is 0.494 e. The van der Waals surface area contributed by atoms with Gasteiger partial charge >= 0.3 is 0 Å². The van der Waals surface area contributed by atoms with E-state index in [1.54, 1.807) is 28.8 Å². The van der Waals surface area contributed by atoms with Crippen molar-refractivity contribution in [1.29, 1.82) is 0 Å². The van der Waals surface area contributed by atoms with E-state index in [-0.39, 0.29) is 17.6 Å². The number of aromatic nitrogens is 1. The predicted octanol–water partition coefficient (Wildman–Crippen LogP) is 4.53. The van der Waals surface area contributed by atoms with Crippen molar-refractivity contribution in [2.24, 2.45) is 0 Å². The molecule has 4 rings (SSSR count). The van der Waals surface area contributed by atoms with Crippen molar-refractivity contribution in [3.8, 4) is 5.88 Å². The number of nitrogens with zero attached hydrogens (tertiary/aromatic N) is 2. The number of hydrogen-bond donors (Lipinski definition) is 2. The molecule has 31 heavy (non-hydrogen) atoms. The van der Waals surface area contributed by atoms with Crippen molar-refractivity contribution >= 4 is 16.7 Å². The molecule has 1 amide bonds. The van der Waals surface area contributed by atoms with Gasteiger partial charge in [-0.2, -0.15) is 0 Å². The molecular weight excluding hydrogens is 393 g/mol. The summed E-state index contributed by atoms with van der Waals surface area (Å²) in [6.45, 7) is 5.50. The van der Waals surface area contributed by atoms with Gasteiger partial charge in [0.05, 0.1) is 6.54 Å². The highest BCUT2D eigenvalue weighted by Crippen LogP contribution is 2.29. The highest BCUT2D eigenvalue weighted by atomic mass is 19.1. The van der Waals surface area contributed by atoms with Gasteiger partial charge < -0.3 is 19.9 Å². The number of amides is 1. The summed E-state index contributed by atoms with van der Waals surface area (Å²) < 4.78 is 14.8. The summed E-state index contributed by atoms with van der Waals surface area (Å²) in [4.78, 5) is 15.1. The molecule has 2 aromatic carbocycles. The van der Waals surface area contributed by atoms with Crippen LogP contribution in [0.4, 0.5) is 4.39 Å². The van der Waals surface area contributed by atoms with Gasteiger partial charge in [0, 0.05) is 41.7 Å². The number of carbonyl (C=O) groups is 1. The molecule has 1 unspecified atom stereocenters. The summed E-state index contributed by atoms with van der Waals surface area (Å²) in [6, 6.07) is 12.2. The zero-order valence-corrected chi connectivity index (χ0v) is 18.0. The van der Waals surface area contributed by atoms with Crippen molar-refractivity contribution in [3.63, 3.8) is 0 Å². The number of fused-ring (bicyclic) bond motifs is 1. The Hall–Kier alpha value is -2.86. The second-order valence-electron chi connectivity index (χ2n) is 8.50. The van der Waals surface area contributed by atoms with Gasteiger partial charge in [0.25, 0.3) is 5.91 Å². The molecule has 1 aromatic heterocycles. The summed E-state index contributed by atoms with van der Waals surface area (Å²) in [7, 11) is 0. The molecule has 1 aliphatic rings. The molecule has 0 bridgehead atoms. The summed E-state index contributed by atoms with van der Waals surface area (Å²) >= 11 is 0. The molecule has 1 aliphatic heterocycles. The second kappa shape index (κ2) is 9.52. The molecule has 1 atom stereocenters. The van der Waals surface area contributed by atoms with Crippen LogP contribution in [0.3, 0.4) is 0 Å². The second-order valence-corrected chi connectivity index (χ2v) is 8.50. The predicted molar refractivity (Wildman–Crippen MR) is 121 cm³/mol. The van der Waals surface area contributed by atoms with Gasteiger partial charge in [0.2, 0.25) is 0 Å². The van der Waals surface area contributed by atoms with E-state index in [4.69, 9.17) is 0 Å². The van der Waals surface area contributed by atoms with E-state index in [1.807, 2.05) is 12.3 Å². The Bertz CT molecular complexity index is 1040. The molecule has 0 saturated carbocycles. The summed E-state index contributed by atoms with van der Waals surface area (Å²) in [6.07, 6.45) is 6.61. The number of halogens is 1. The number of likely N-dealkylation sites (tertiary alicyclic amines) is 1. The van der Waals surface area contributed by atoms with Gasteiger partial charge in [-0.15, -0.1) is 0 Å². The molecule has 164 valence electrons. The molecule has 2 heterocycles. The fraction of sp³-hybridized carbons (Fsp3) is 0.400. The Morgan fingerprint density at radius 1 is 1.19 bits per heavy atom. The Morgan fingerprint density at radius 3 is 2.77 bits per heavy atom. The lowest BCUT2D eigenvalue weighted by molar-refractivity contribution is 0.0949. The van der Waals surface area contributed by atoms with Crippen molar-refractivity contribution in [2.45, 2.75) is 45.2 Å². The third kappa shape index (κ3) is 5.07. The maximum atomic E-state index is 13.1. The topological polar surface area (TPSA) is 57.5 Å². The van der Waals surface area contributed by atoms with Crippen molar-refractivity contribution < 1.29 is 14.3 Å². The minimum Gasteiger partial charge on any atom is -0.494 e. The first kappa shape index (κ1) is 21.4. The molecule has 0 spiro atoms. The minimum absolute atomic E-state index is 0.105. The van der Waals surface area contributed by atoms with E-state index in [0.29, 0.717) is 30.1 Å². The number of carbonyl (C=O) groups excluding carboxylic acids is 1. The number of rotatable bonds is 7. The number of benzene rings is 2. The van der Waals surface area contributed by atoms with Crippen LogP contribution in [0.25, 0.3) is 10.8 Å². The van der Waals surface area contributed by atoms with Crippen LogP contribution in [0.1, 0.15) is 48.5 Å². The van der Waals surface area contributed by atoms with Gasteiger partial charge in [-0.25, -0.2) is 4.39 Å². The number of aromatic hydroxyl groups is 1. The van der Waals surface area contributed by atoms with Crippen LogP contribution >= 0.6 is 0 Å². The lowest BCUT2D eigenvalue weighted by atomic mass is 10.0. The van der Waals surface area contributed by atoms with E-state index < -0.39 is 0 Å². The maximum absolute atomic E-state index is 13.1. The molecule has 0 radical (unpaired) electrons. The van der Waals surface area contributed by atoms with E-state index in [9.17, 15) is 14.3 Å². The Morgan fingerprint density at radius 2 is 2.00 bits per heavy atom. The smallest absolute Gasteiger partial charge is 0.251 e. The van der Waals surface area contributed by atoms with Crippen LogP contribution in [0.15, 0.2) is 48.7 Å². The molecule has 3 aromatic rings. The molecular formula is C25H30FN3O2. The van der Waals surface area contributed by atoms with Crippen molar-refractivity contribution in [3.05, 3.63) is 65.6 Å². The standard InChI is InChI=1S/C25H30FN3O2/c1-18-5-2-3-13-28(18)14-4-12-27-24(30)20-8-9-21-17-29(25(31)23(21)15-20)16-19-6-10-22(26)11-7-19/h6-11,15,17-18,31H,2-5,12-14,16H2,1H3,(H,27,30). The molecule has 6 heteroatoms. The fourth-order valence-corrected chi connectivity index (χ4v) is 4.37. The van der Waals surface area contributed by atoms with Crippen LogP contribution in [0.5, 0.6) is 5.88 Å². The van der Waals surface area contributed by atoms with Crippen molar-refractivity contribution in [2.75, 3.05) is 19.6 Å². The van der Waals surface area contributed by atoms with E-state index in [2.05, 4.69) is 17.1 Å². The van der Waals surface area contributed by atoms with Crippen LogP contribution in [0.2, 0.25) is 0 Å². The van der Waals surface area contributed by atoms with Gasteiger partial charge in [0.1, 0.15) is 5.82 Å². The maximum Gasteiger partial charge on any atom is 0.251 e. The van der Waals surface area contributed by atoms with Crippen LogP contribution < -0.4 is 5.32 Å².